The highest BCUT2D eigenvalue weighted by Gasteiger charge is 2.22. The molecule has 12 rings (SSSR count). The van der Waals surface area contributed by atoms with Crippen molar-refractivity contribution in [3.8, 4) is 73.2 Å². The van der Waals surface area contributed by atoms with Crippen molar-refractivity contribution in [1.82, 2.24) is 19.5 Å². The smallest absolute Gasteiger partial charge is 0.167 e. The molecule has 0 bridgehead atoms. The molecule has 0 fully saturated rings. The quantitative estimate of drug-likeness (QED) is 0.161. The van der Waals surface area contributed by atoms with Gasteiger partial charge in [-0.05, 0) is 69.8 Å². The highest BCUT2D eigenvalue weighted by molar-refractivity contribution is 6.25. The monoisotopic (exact) mass is 792 g/mol. The van der Waals surface area contributed by atoms with Crippen LogP contribution in [0.15, 0.2) is 223 Å². The number of fused-ring (bicyclic) bond motifs is 7. The van der Waals surface area contributed by atoms with Gasteiger partial charge in [0.25, 0.3) is 0 Å². The zero-order valence-electron chi connectivity index (χ0n) is 33.5. The van der Waals surface area contributed by atoms with E-state index in [1.165, 1.54) is 16.5 Å². The normalized spacial score (nSPS) is 11.5. The Morgan fingerprint density at radius 2 is 0.823 bits per heavy atom. The Morgan fingerprint density at radius 3 is 1.48 bits per heavy atom. The van der Waals surface area contributed by atoms with Crippen molar-refractivity contribution in [3.05, 3.63) is 218 Å². The first-order valence-corrected chi connectivity index (χ1v) is 20.8. The average Bonchev–Trinajstić information content (AvgIpc) is 3.91. The second-order valence-electron chi connectivity index (χ2n) is 15.6. The minimum absolute atomic E-state index is 0.549. The summed E-state index contributed by atoms with van der Waals surface area (Å²) in [6.07, 6.45) is 0. The molecule has 5 nitrogen and oxygen atoms in total. The number of nitrogens with zero attached hydrogens (tertiary/aromatic N) is 4. The van der Waals surface area contributed by atoms with Gasteiger partial charge in [-0.2, -0.15) is 0 Å². The fraction of sp³-hybridized carbons (Fsp3) is 0. The highest BCUT2D eigenvalue weighted by Crippen LogP contribution is 2.43. The van der Waals surface area contributed by atoms with E-state index in [0.29, 0.717) is 17.5 Å². The van der Waals surface area contributed by atoms with E-state index in [0.717, 1.165) is 83.0 Å². The molecule has 290 valence electrons. The lowest BCUT2D eigenvalue weighted by molar-refractivity contribution is 0.669. The summed E-state index contributed by atoms with van der Waals surface area (Å²) >= 11 is 0. The third-order valence-electron chi connectivity index (χ3n) is 11.9. The molecular weight excluding hydrogens is 757 g/mol. The second kappa shape index (κ2) is 14.7. The standard InChI is InChI=1S/C57H36N4O/c1-4-14-37(15-5-1)39-26-28-41(29-27-39)44-20-12-21-45(36-44)61-50-25-11-10-22-46(50)47-34-35-51-52(53(47)61)48-23-13-24-49(54(48)62-51)57-59-55(42-18-8-3-9-19-42)58-56(60-57)43-32-30-40(31-33-43)38-16-6-2-7-17-38/h1-36H. The van der Waals surface area contributed by atoms with E-state index in [2.05, 4.69) is 187 Å². The molecule has 0 saturated heterocycles. The Kier molecular flexibility index (Phi) is 8.42. The van der Waals surface area contributed by atoms with Crippen LogP contribution < -0.4 is 0 Å². The number of furan rings is 1. The molecule has 12 aromatic rings. The van der Waals surface area contributed by atoms with Crippen LogP contribution in [0.3, 0.4) is 0 Å². The Bertz CT molecular complexity index is 3590. The molecular formula is C57H36N4O. The lowest BCUT2D eigenvalue weighted by atomic mass is 10.00. The lowest BCUT2D eigenvalue weighted by Crippen LogP contribution is -2.00. The SMILES string of the molecule is c1ccc(-c2ccc(-c3cccc(-n4c5ccccc5c5ccc6oc7c(-c8nc(-c9ccccc9)nc(-c9ccc(-c%10ccccc%10)cc9)n8)cccc7c6c54)c3)cc2)cc1. The molecule has 0 aliphatic heterocycles. The Morgan fingerprint density at radius 1 is 0.339 bits per heavy atom. The molecule has 0 aliphatic rings. The summed E-state index contributed by atoms with van der Waals surface area (Å²) in [5.41, 5.74) is 14.5. The van der Waals surface area contributed by atoms with Gasteiger partial charge in [0, 0.05) is 33.0 Å². The summed E-state index contributed by atoms with van der Waals surface area (Å²) in [5.74, 6) is 1.75. The van der Waals surface area contributed by atoms with Gasteiger partial charge in [-0.3, -0.25) is 0 Å². The van der Waals surface area contributed by atoms with E-state index in [4.69, 9.17) is 19.4 Å². The van der Waals surface area contributed by atoms with E-state index in [-0.39, 0.29) is 0 Å². The van der Waals surface area contributed by atoms with Crippen LogP contribution in [0, 0.1) is 0 Å². The molecule has 0 amide bonds. The molecule has 0 N–H and O–H groups in total. The van der Waals surface area contributed by atoms with Crippen LogP contribution in [0.2, 0.25) is 0 Å². The Balaban J connectivity index is 1.03. The van der Waals surface area contributed by atoms with Crippen LogP contribution in [0.5, 0.6) is 0 Å². The summed E-state index contributed by atoms with van der Waals surface area (Å²) in [4.78, 5) is 15.3. The number of rotatable bonds is 7. The van der Waals surface area contributed by atoms with Crippen molar-refractivity contribution in [3.63, 3.8) is 0 Å². The van der Waals surface area contributed by atoms with Crippen molar-refractivity contribution in [2.45, 2.75) is 0 Å². The maximum atomic E-state index is 6.92. The molecule has 0 radical (unpaired) electrons. The second-order valence-corrected chi connectivity index (χ2v) is 15.6. The minimum Gasteiger partial charge on any atom is -0.455 e. The van der Waals surface area contributed by atoms with Crippen molar-refractivity contribution in [2.24, 2.45) is 0 Å². The third kappa shape index (κ3) is 6.06. The summed E-state index contributed by atoms with van der Waals surface area (Å²) in [7, 11) is 0. The van der Waals surface area contributed by atoms with Gasteiger partial charge >= 0.3 is 0 Å². The van der Waals surface area contributed by atoms with Crippen LogP contribution in [0.1, 0.15) is 0 Å². The molecule has 62 heavy (non-hydrogen) atoms. The first-order chi connectivity index (χ1) is 30.7. The molecule has 5 heteroatoms. The average molecular weight is 793 g/mol. The van der Waals surface area contributed by atoms with Gasteiger partial charge in [-0.1, -0.05) is 182 Å². The predicted octanol–water partition coefficient (Wildman–Crippen LogP) is 14.9. The fourth-order valence-electron chi connectivity index (χ4n) is 8.88. The lowest BCUT2D eigenvalue weighted by Gasteiger charge is -2.11. The number of para-hydroxylation sites is 2. The van der Waals surface area contributed by atoms with Crippen LogP contribution in [0.4, 0.5) is 0 Å². The largest absolute Gasteiger partial charge is 0.455 e. The molecule has 9 aromatic carbocycles. The molecule has 0 unspecified atom stereocenters. The van der Waals surface area contributed by atoms with Crippen molar-refractivity contribution in [1.29, 1.82) is 0 Å². The zero-order chi connectivity index (χ0) is 41.0. The Labute approximate surface area is 357 Å². The van der Waals surface area contributed by atoms with Crippen molar-refractivity contribution in [2.75, 3.05) is 0 Å². The van der Waals surface area contributed by atoms with E-state index in [9.17, 15) is 0 Å². The first kappa shape index (κ1) is 35.5. The summed E-state index contributed by atoms with van der Waals surface area (Å²) in [5, 5.41) is 4.38. The van der Waals surface area contributed by atoms with Crippen molar-refractivity contribution < 1.29 is 4.42 Å². The molecule has 0 atom stereocenters. The molecule has 3 heterocycles. The number of aromatic nitrogens is 4. The van der Waals surface area contributed by atoms with Crippen molar-refractivity contribution >= 4 is 43.7 Å². The highest BCUT2D eigenvalue weighted by atomic mass is 16.3. The van der Waals surface area contributed by atoms with Gasteiger partial charge in [0.1, 0.15) is 11.2 Å². The summed E-state index contributed by atoms with van der Waals surface area (Å²) in [6.45, 7) is 0. The maximum absolute atomic E-state index is 6.92. The van der Waals surface area contributed by atoms with Crippen LogP contribution >= 0.6 is 0 Å². The van der Waals surface area contributed by atoms with Gasteiger partial charge in [0.2, 0.25) is 0 Å². The van der Waals surface area contributed by atoms with Gasteiger partial charge in [0.15, 0.2) is 17.5 Å². The van der Waals surface area contributed by atoms with E-state index >= 15 is 0 Å². The Hall–Kier alpha value is -8.41. The van der Waals surface area contributed by atoms with Crippen LogP contribution in [-0.4, -0.2) is 19.5 Å². The van der Waals surface area contributed by atoms with Gasteiger partial charge in [-0.25, -0.2) is 15.0 Å². The minimum atomic E-state index is 0.549. The van der Waals surface area contributed by atoms with E-state index in [1.807, 2.05) is 36.4 Å². The fourth-order valence-corrected chi connectivity index (χ4v) is 8.88. The van der Waals surface area contributed by atoms with Gasteiger partial charge < -0.3 is 8.98 Å². The summed E-state index contributed by atoms with van der Waals surface area (Å²) in [6, 6.07) is 76.3. The topological polar surface area (TPSA) is 56.7 Å². The van der Waals surface area contributed by atoms with Crippen LogP contribution in [0.25, 0.3) is 117 Å². The summed E-state index contributed by atoms with van der Waals surface area (Å²) < 4.78 is 9.31. The molecule has 0 spiro atoms. The van der Waals surface area contributed by atoms with Crippen LogP contribution in [-0.2, 0) is 0 Å². The number of hydrogen-bond donors (Lipinski definition) is 0. The molecule has 0 saturated carbocycles. The first-order valence-electron chi connectivity index (χ1n) is 20.8. The zero-order valence-corrected chi connectivity index (χ0v) is 33.5. The predicted molar refractivity (Wildman–Crippen MR) is 254 cm³/mol. The molecule has 3 aromatic heterocycles. The maximum Gasteiger partial charge on any atom is 0.167 e. The molecule has 0 aliphatic carbocycles. The number of hydrogen-bond acceptors (Lipinski definition) is 4. The van der Waals surface area contributed by atoms with Gasteiger partial charge in [-0.15, -0.1) is 0 Å². The third-order valence-corrected chi connectivity index (χ3v) is 11.9. The van der Waals surface area contributed by atoms with E-state index < -0.39 is 0 Å². The number of benzene rings is 9. The van der Waals surface area contributed by atoms with Gasteiger partial charge in [0.05, 0.1) is 22.0 Å². The van der Waals surface area contributed by atoms with E-state index in [1.54, 1.807) is 0 Å².